The number of hydrogen-bond acceptors (Lipinski definition) is 3. The molecule has 0 spiro atoms. The molecule has 0 aromatic rings. The van der Waals surface area contributed by atoms with E-state index in [-0.39, 0.29) is 25.0 Å². The second-order valence-electron chi connectivity index (χ2n) is 4.06. The molecule has 0 aromatic carbocycles. The standard InChI is InChI=1S/C10H18N2O4/c1-7-3-2-6-12(7)10(16)11-5-4-8(13)9(14)15/h7-8,13H,2-6H2,1H3,(H,11,16)(H,14,15)/t7?,8-/m0/s1. The van der Waals surface area contributed by atoms with Crippen molar-refractivity contribution in [1.82, 2.24) is 10.2 Å². The minimum atomic E-state index is -1.41. The van der Waals surface area contributed by atoms with Gasteiger partial charge < -0.3 is 20.4 Å². The van der Waals surface area contributed by atoms with Crippen LogP contribution in [0, 0.1) is 0 Å². The van der Waals surface area contributed by atoms with Crippen LogP contribution in [0.5, 0.6) is 0 Å². The number of likely N-dealkylation sites (tertiary alicyclic amines) is 1. The Balaban J connectivity index is 2.22. The van der Waals surface area contributed by atoms with Crippen LogP contribution in [0.2, 0.25) is 0 Å². The summed E-state index contributed by atoms with van der Waals surface area (Å²) in [5, 5.41) is 20.0. The van der Waals surface area contributed by atoms with Crippen molar-refractivity contribution in [2.45, 2.75) is 38.3 Å². The number of carbonyl (C=O) groups excluding carboxylic acids is 1. The lowest BCUT2D eigenvalue weighted by molar-refractivity contribution is -0.146. The third kappa shape index (κ3) is 3.37. The summed E-state index contributed by atoms with van der Waals surface area (Å²) >= 11 is 0. The topological polar surface area (TPSA) is 89.9 Å². The third-order valence-corrected chi connectivity index (χ3v) is 2.79. The predicted octanol–water partition coefficient (Wildman–Crippen LogP) is 0.0159. The van der Waals surface area contributed by atoms with Crippen LogP contribution in [0.4, 0.5) is 4.79 Å². The van der Waals surface area contributed by atoms with Gasteiger partial charge >= 0.3 is 12.0 Å². The van der Waals surface area contributed by atoms with Gasteiger partial charge in [0, 0.05) is 25.6 Å². The summed E-state index contributed by atoms with van der Waals surface area (Å²) in [7, 11) is 0. The smallest absolute Gasteiger partial charge is 0.332 e. The normalized spacial score (nSPS) is 21.9. The van der Waals surface area contributed by atoms with Crippen LogP contribution in [-0.2, 0) is 4.79 Å². The molecule has 0 aliphatic carbocycles. The summed E-state index contributed by atoms with van der Waals surface area (Å²) < 4.78 is 0. The zero-order chi connectivity index (χ0) is 12.1. The van der Waals surface area contributed by atoms with Gasteiger partial charge in [-0.25, -0.2) is 9.59 Å². The number of urea groups is 1. The molecule has 6 heteroatoms. The van der Waals surface area contributed by atoms with Gasteiger partial charge in [-0.05, 0) is 19.8 Å². The second-order valence-corrected chi connectivity index (χ2v) is 4.06. The number of rotatable bonds is 4. The monoisotopic (exact) mass is 230 g/mol. The van der Waals surface area contributed by atoms with Gasteiger partial charge in [-0.2, -0.15) is 0 Å². The number of aliphatic carboxylic acids is 1. The van der Waals surface area contributed by atoms with E-state index in [2.05, 4.69) is 5.32 Å². The molecule has 2 amide bonds. The van der Waals surface area contributed by atoms with Crippen LogP contribution in [0.1, 0.15) is 26.2 Å². The maximum atomic E-state index is 11.6. The van der Waals surface area contributed by atoms with E-state index in [1.54, 1.807) is 4.90 Å². The first-order valence-corrected chi connectivity index (χ1v) is 5.47. The number of aliphatic hydroxyl groups excluding tert-OH is 1. The number of nitrogens with zero attached hydrogens (tertiary/aromatic N) is 1. The van der Waals surface area contributed by atoms with Crippen molar-refractivity contribution in [3.8, 4) is 0 Å². The summed E-state index contributed by atoms with van der Waals surface area (Å²) in [5.41, 5.74) is 0. The fourth-order valence-corrected chi connectivity index (χ4v) is 1.78. The van der Waals surface area contributed by atoms with Crippen LogP contribution < -0.4 is 5.32 Å². The molecular formula is C10H18N2O4. The lowest BCUT2D eigenvalue weighted by Gasteiger charge is -2.21. The van der Waals surface area contributed by atoms with E-state index in [4.69, 9.17) is 10.2 Å². The van der Waals surface area contributed by atoms with Crippen molar-refractivity contribution in [1.29, 1.82) is 0 Å². The summed E-state index contributed by atoms with van der Waals surface area (Å²) in [6.07, 6.45) is 0.636. The molecule has 1 heterocycles. The maximum Gasteiger partial charge on any atom is 0.332 e. The molecule has 1 saturated heterocycles. The molecule has 16 heavy (non-hydrogen) atoms. The van der Waals surface area contributed by atoms with Gasteiger partial charge in [-0.3, -0.25) is 0 Å². The van der Waals surface area contributed by atoms with E-state index in [1.165, 1.54) is 0 Å². The predicted molar refractivity (Wildman–Crippen MR) is 57.1 cm³/mol. The first-order chi connectivity index (χ1) is 7.52. The van der Waals surface area contributed by atoms with Crippen molar-refractivity contribution in [3.05, 3.63) is 0 Å². The Bertz CT molecular complexity index is 270. The number of nitrogens with one attached hydrogen (secondary N) is 1. The highest BCUT2D eigenvalue weighted by molar-refractivity contribution is 5.75. The number of carbonyl (C=O) groups is 2. The molecule has 1 unspecified atom stereocenters. The summed E-state index contributed by atoms with van der Waals surface area (Å²) in [6, 6.07) is 0.0620. The largest absolute Gasteiger partial charge is 0.479 e. The van der Waals surface area contributed by atoms with E-state index in [0.29, 0.717) is 0 Å². The summed E-state index contributed by atoms with van der Waals surface area (Å²) in [5.74, 6) is -1.26. The Morgan fingerprint density at radius 1 is 1.56 bits per heavy atom. The van der Waals surface area contributed by atoms with Gasteiger partial charge in [-0.15, -0.1) is 0 Å². The zero-order valence-electron chi connectivity index (χ0n) is 9.35. The highest BCUT2D eigenvalue weighted by Crippen LogP contribution is 2.15. The van der Waals surface area contributed by atoms with Crippen LogP contribution >= 0.6 is 0 Å². The Hall–Kier alpha value is -1.30. The van der Waals surface area contributed by atoms with Gasteiger partial charge in [0.1, 0.15) is 0 Å². The zero-order valence-corrected chi connectivity index (χ0v) is 9.35. The summed E-state index contributed by atoms with van der Waals surface area (Å²) in [4.78, 5) is 23.6. The molecular weight excluding hydrogens is 212 g/mol. The number of carboxylic acid groups (broad SMARTS) is 1. The SMILES string of the molecule is CC1CCCN1C(=O)NCC[C@H](O)C(=O)O. The Morgan fingerprint density at radius 2 is 2.25 bits per heavy atom. The molecule has 1 aliphatic rings. The molecule has 0 bridgehead atoms. The molecule has 0 radical (unpaired) electrons. The third-order valence-electron chi connectivity index (χ3n) is 2.79. The number of amides is 2. The Labute approximate surface area is 94.2 Å². The lowest BCUT2D eigenvalue weighted by atomic mass is 10.2. The molecule has 1 aliphatic heterocycles. The number of hydrogen-bond donors (Lipinski definition) is 3. The average molecular weight is 230 g/mol. The highest BCUT2D eigenvalue weighted by Gasteiger charge is 2.24. The second kappa shape index (κ2) is 5.69. The molecule has 6 nitrogen and oxygen atoms in total. The van der Waals surface area contributed by atoms with Gasteiger partial charge in [0.2, 0.25) is 0 Å². The molecule has 1 rings (SSSR count). The molecule has 2 atom stereocenters. The highest BCUT2D eigenvalue weighted by atomic mass is 16.4. The van der Waals surface area contributed by atoms with Crippen molar-refractivity contribution in [2.75, 3.05) is 13.1 Å². The molecule has 92 valence electrons. The van der Waals surface area contributed by atoms with Gasteiger partial charge in [-0.1, -0.05) is 0 Å². The van der Waals surface area contributed by atoms with Crippen molar-refractivity contribution >= 4 is 12.0 Å². The van der Waals surface area contributed by atoms with Gasteiger partial charge in [0.05, 0.1) is 0 Å². The quantitative estimate of drug-likeness (QED) is 0.635. The molecule has 3 N–H and O–H groups in total. The van der Waals surface area contributed by atoms with Crippen LogP contribution in [-0.4, -0.2) is 52.3 Å². The fraction of sp³-hybridized carbons (Fsp3) is 0.800. The van der Waals surface area contributed by atoms with Gasteiger partial charge in [0.25, 0.3) is 0 Å². The van der Waals surface area contributed by atoms with Crippen molar-refractivity contribution in [2.24, 2.45) is 0 Å². The maximum absolute atomic E-state index is 11.6. The minimum absolute atomic E-state index is 0.0310. The first kappa shape index (κ1) is 12.8. The first-order valence-electron chi connectivity index (χ1n) is 5.47. The van der Waals surface area contributed by atoms with E-state index in [0.717, 1.165) is 19.4 Å². The fourth-order valence-electron chi connectivity index (χ4n) is 1.78. The van der Waals surface area contributed by atoms with E-state index >= 15 is 0 Å². The van der Waals surface area contributed by atoms with Crippen molar-refractivity contribution < 1.29 is 19.8 Å². The van der Waals surface area contributed by atoms with E-state index in [1.807, 2.05) is 6.92 Å². The summed E-state index contributed by atoms with van der Waals surface area (Å²) in [6.45, 7) is 2.91. The van der Waals surface area contributed by atoms with Crippen molar-refractivity contribution in [3.63, 3.8) is 0 Å². The van der Waals surface area contributed by atoms with Gasteiger partial charge in [0.15, 0.2) is 6.10 Å². The van der Waals surface area contributed by atoms with E-state index in [9.17, 15) is 9.59 Å². The van der Waals surface area contributed by atoms with Crippen LogP contribution in [0.25, 0.3) is 0 Å². The number of carboxylic acids is 1. The minimum Gasteiger partial charge on any atom is -0.479 e. The van der Waals surface area contributed by atoms with Crippen LogP contribution in [0.3, 0.4) is 0 Å². The van der Waals surface area contributed by atoms with E-state index < -0.39 is 12.1 Å². The molecule has 1 fully saturated rings. The molecule has 0 saturated carbocycles. The number of aliphatic hydroxyl groups is 1. The lowest BCUT2D eigenvalue weighted by Crippen LogP contribution is -2.42. The average Bonchev–Trinajstić information content (AvgIpc) is 2.64. The Kier molecular flexibility index (Phi) is 4.54. The Morgan fingerprint density at radius 3 is 2.75 bits per heavy atom. The molecule has 0 aromatic heterocycles. The van der Waals surface area contributed by atoms with Crippen LogP contribution in [0.15, 0.2) is 0 Å².